The van der Waals surface area contributed by atoms with E-state index in [9.17, 15) is 4.39 Å². The van der Waals surface area contributed by atoms with E-state index in [4.69, 9.17) is 0 Å². The highest BCUT2D eigenvalue weighted by Gasteiger charge is 2.07. The van der Waals surface area contributed by atoms with E-state index in [0.29, 0.717) is 5.39 Å². The lowest BCUT2D eigenvalue weighted by molar-refractivity contribution is 0.603. The Hall–Kier alpha value is -2.85. The Morgan fingerprint density at radius 1 is 0.862 bits per heavy atom. The highest BCUT2D eigenvalue weighted by Crippen LogP contribution is 2.24. The lowest BCUT2D eigenvalue weighted by Gasteiger charge is -2.07. The van der Waals surface area contributed by atoms with Gasteiger partial charge in [0, 0.05) is 16.5 Å². The molecule has 0 nitrogen and oxygen atoms in total. The third kappa shape index (κ3) is 5.81. The molecule has 0 aliphatic rings. The van der Waals surface area contributed by atoms with Gasteiger partial charge in [0.25, 0.3) is 0 Å². The molecular formula is C28H29F. The van der Waals surface area contributed by atoms with Crippen LogP contribution in [0.3, 0.4) is 0 Å². The summed E-state index contributed by atoms with van der Waals surface area (Å²) in [4.78, 5) is 0. The first kappa shape index (κ1) is 20.9. The van der Waals surface area contributed by atoms with Gasteiger partial charge in [-0.05, 0) is 66.5 Å². The number of rotatable bonds is 8. The molecule has 0 heterocycles. The largest absolute Gasteiger partial charge is 0.206 e. The van der Waals surface area contributed by atoms with Crippen LogP contribution in [0, 0.1) is 17.7 Å². The van der Waals surface area contributed by atoms with Crippen LogP contribution in [0.2, 0.25) is 0 Å². The highest BCUT2D eigenvalue weighted by molar-refractivity contribution is 5.85. The lowest BCUT2D eigenvalue weighted by atomic mass is 10.00. The summed E-state index contributed by atoms with van der Waals surface area (Å²) in [6.45, 7) is 5.95. The van der Waals surface area contributed by atoms with Gasteiger partial charge in [-0.1, -0.05) is 74.4 Å². The third-order valence-corrected chi connectivity index (χ3v) is 5.28. The summed E-state index contributed by atoms with van der Waals surface area (Å²) in [5, 5.41) is 1.60. The Morgan fingerprint density at radius 2 is 1.62 bits per heavy atom. The van der Waals surface area contributed by atoms with Crippen molar-refractivity contribution in [2.75, 3.05) is 0 Å². The Kier molecular flexibility index (Phi) is 7.65. The van der Waals surface area contributed by atoms with Gasteiger partial charge in [-0.2, -0.15) is 0 Å². The summed E-state index contributed by atoms with van der Waals surface area (Å²) in [7, 11) is 0. The van der Waals surface area contributed by atoms with E-state index in [-0.39, 0.29) is 5.82 Å². The number of halogens is 1. The van der Waals surface area contributed by atoms with Crippen molar-refractivity contribution in [2.45, 2.75) is 51.9 Å². The zero-order valence-electron chi connectivity index (χ0n) is 17.3. The fraction of sp³-hybridized carbons (Fsp3) is 0.286. The van der Waals surface area contributed by atoms with E-state index in [0.717, 1.165) is 54.2 Å². The van der Waals surface area contributed by atoms with Gasteiger partial charge in [0.2, 0.25) is 0 Å². The Morgan fingerprint density at radius 3 is 2.38 bits per heavy atom. The average molecular weight is 385 g/mol. The number of hydrogen-bond donors (Lipinski definition) is 0. The molecule has 0 unspecified atom stereocenters. The van der Waals surface area contributed by atoms with Crippen LogP contribution < -0.4 is 0 Å². The van der Waals surface area contributed by atoms with Crippen LogP contribution in [-0.4, -0.2) is 0 Å². The molecular weight excluding hydrogens is 355 g/mol. The van der Waals surface area contributed by atoms with Crippen molar-refractivity contribution in [3.05, 3.63) is 95.3 Å². The highest BCUT2D eigenvalue weighted by atomic mass is 19.1. The zero-order chi connectivity index (χ0) is 20.5. The Bertz CT molecular complexity index is 1020. The van der Waals surface area contributed by atoms with Crippen molar-refractivity contribution in [2.24, 2.45) is 0 Å². The van der Waals surface area contributed by atoms with Crippen LogP contribution in [-0.2, 0) is 12.8 Å². The van der Waals surface area contributed by atoms with E-state index < -0.39 is 0 Å². The first-order chi connectivity index (χ1) is 14.2. The van der Waals surface area contributed by atoms with Crippen molar-refractivity contribution < 1.29 is 4.39 Å². The van der Waals surface area contributed by atoms with Gasteiger partial charge in [-0.25, -0.2) is 4.39 Å². The number of allylic oxidation sites excluding steroid dienone is 1. The maximum absolute atomic E-state index is 14.8. The summed E-state index contributed by atoms with van der Waals surface area (Å²) in [5.41, 5.74) is 4.01. The predicted octanol–water partition coefficient (Wildman–Crippen LogP) is 7.62. The van der Waals surface area contributed by atoms with E-state index in [1.807, 2.05) is 36.4 Å². The van der Waals surface area contributed by atoms with Crippen LogP contribution >= 0.6 is 0 Å². The van der Waals surface area contributed by atoms with Gasteiger partial charge < -0.3 is 0 Å². The molecule has 0 fully saturated rings. The molecule has 1 heteroatoms. The van der Waals surface area contributed by atoms with Crippen molar-refractivity contribution in [1.29, 1.82) is 0 Å². The fourth-order valence-electron chi connectivity index (χ4n) is 3.52. The second-order valence-electron chi connectivity index (χ2n) is 7.56. The van der Waals surface area contributed by atoms with E-state index >= 15 is 0 Å². The van der Waals surface area contributed by atoms with Gasteiger partial charge in [0.05, 0.1) is 0 Å². The Balaban J connectivity index is 1.73. The van der Waals surface area contributed by atoms with Gasteiger partial charge in [-0.3, -0.25) is 0 Å². The maximum Gasteiger partial charge on any atom is 0.134 e. The number of benzene rings is 3. The normalized spacial score (nSPS) is 10.6. The van der Waals surface area contributed by atoms with Crippen LogP contribution in [0.5, 0.6) is 0 Å². The average Bonchev–Trinajstić information content (AvgIpc) is 2.76. The molecule has 148 valence electrons. The summed E-state index contributed by atoms with van der Waals surface area (Å²) in [5.74, 6) is 6.35. The van der Waals surface area contributed by atoms with Gasteiger partial charge in [-0.15, -0.1) is 6.58 Å². The molecule has 0 aromatic heterocycles. The first-order valence-corrected chi connectivity index (χ1v) is 10.6. The smallest absolute Gasteiger partial charge is 0.134 e. The molecule has 3 aromatic carbocycles. The first-order valence-electron chi connectivity index (χ1n) is 10.6. The number of fused-ring (bicyclic) bond motifs is 1. The van der Waals surface area contributed by atoms with Crippen LogP contribution in [0.15, 0.2) is 67.3 Å². The van der Waals surface area contributed by atoms with E-state index in [2.05, 4.69) is 49.6 Å². The molecule has 0 N–H and O–H groups in total. The standard InChI is InChI=1S/C28H29F/c1-3-5-7-8-10-25-18-19-26-21-24(17-20-27(26)28(25)29)16-15-23-13-11-22(12-14-23)9-6-4-2/h4,11-14,17-21H,2-3,5-10H2,1H3. The Labute approximate surface area is 174 Å². The second-order valence-corrected chi connectivity index (χ2v) is 7.56. The summed E-state index contributed by atoms with van der Waals surface area (Å²) >= 11 is 0. The zero-order valence-corrected chi connectivity index (χ0v) is 17.3. The summed E-state index contributed by atoms with van der Waals surface area (Å²) in [6, 6.07) is 18.0. The number of unbranched alkanes of at least 4 members (excludes halogenated alkanes) is 3. The number of hydrogen-bond acceptors (Lipinski definition) is 0. The monoisotopic (exact) mass is 384 g/mol. The van der Waals surface area contributed by atoms with Crippen LogP contribution in [0.4, 0.5) is 4.39 Å². The molecule has 0 atom stereocenters. The lowest BCUT2D eigenvalue weighted by Crippen LogP contribution is -1.93. The van der Waals surface area contributed by atoms with Crippen molar-refractivity contribution in [3.63, 3.8) is 0 Å². The maximum atomic E-state index is 14.8. The SMILES string of the molecule is C=CCCc1ccc(C#Cc2ccc3c(F)c(CCCCCC)ccc3c2)cc1. The minimum Gasteiger partial charge on any atom is -0.206 e. The predicted molar refractivity (Wildman–Crippen MR) is 123 cm³/mol. The molecule has 0 saturated carbocycles. The van der Waals surface area contributed by atoms with Crippen molar-refractivity contribution >= 4 is 10.8 Å². The molecule has 3 aromatic rings. The second kappa shape index (κ2) is 10.6. The summed E-state index contributed by atoms with van der Waals surface area (Å²) < 4.78 is 14.8. The van der Waals surface area contributed by atoms with Crippen LogP contribution in [0.25, 0.3) is 10.8 Å². The van der Waals surface area contributed by atoms with Crippen molar-refractivity contribution in [3.8, 4) is 11.8 Å². The molecule has 0 aliphatic carbocycles. The quantitative estimate of drug-likeness (QED) is 0.213. The minimum atomic E-state index is -0.0754. The molecule has 0 saturated heterocycles. The molecule has 3 rings (SSSR count). The van der Waals surface area contributed by atoms with Crippen molar-refractivity contribution in [1.82, 2.24) is 0 Å². The van der Waals surface area contributed by atoms with E-state index in [1.54, 1.807) is 0 Å². The summed E-state index contributed by atoms with van der Waals surface area (Å²) in [6.07, 6.45) is 9.37. The minimum absolute atomic E-state index is 0.0754. The third-order valence-electron chi connectivity index (χ3n) is 5.28. The van der Waals surface area contributed by atoms with Crippen LogP contribution in [0.1, 0.15) is 61.3 Å². The van der Waals surface area contributed by atoms with Gasteiger partial charge in [0.15, 0.2) is 0 Å². The molecule has 0 amide bonds. The molecule has 0 spiro atoms. The van der Waals surface area contributed by atoms with Gasteiger partial charge in [0.1, 0.15) is 5.82 Å². The molecule has 29 heavy (non-hydrogen) atoms. The van der Waals surface area contributed by atoms with Gasteiger partial charge >= 0.3 is 0 Å². The fourth-order valence-corrected chi connectivity index (χ4v) is 3.52. The molecule has 0 aliphatic heterocycles. The van der Waals surface area contributed by atoms with E-state index in [1.165, 1.54) is 18.4 Å². The molecule has 0 bridgehead atoms. The topological polar surface area (TPSA) is 0 Å². The molecule has 0 radical (unpaired) electrons. The number of aryl methyl sites for hydroxylation is 2.